The van der Waals surface area contributed by atoms with Gasteiger partial charge in [0, 0.05) is 19.3 Å². The lowest BCUT2D eigenvalue weighted by Crippen LogP contribution is -2.33. The summed E-state index contributed by atoms with van der Waals surface area (Å²) in [6, 6.07) is 1.42. The molecule has 0 unspecified atom stereocenters. The minimum Gasteiger partial charge on any atom is -0.369 e. The molecule has 120 valence electrons. The molecule has 0 spiro atoms. The van der Waals surface area contributed by atoms with Crippen molar-refractivity contribution in [1.82, 2.24) is 9.71 Å². The summed E-state index contributed by atoms with van der Waals surface area (Å²) >= 11 is 6.07. The average Bonchev–Trinajstić information content (AvgIpc) is 2.44. The summed E-state index contributed by atoms with van der Waals surface area (Å²) in [5, 5.41) is 3.35. The number of nitrogens with zero attached hydrogens (tertiary/aromatic N) is 1. The average molecular weight is 334 g/mol. The monoisotopic (exact) mass is 333 g/mol. The third kappa shape index (κ3) is 5.45. The summed E-state index contributed by atoms with van der Waals surface area (Å²) in [7, 11) is -3.59. The smallest absolute Gasteiger partial charge is 0.242 e. The van der Waals surface area contributed by atoms with Crippen molar-refractivity contribution in [2.45, 2.75) is 45.4 Å². The van der Waals surface area contributed by atoms with Gasteiger partial charge in [0.2, 0.25) is 10.0 Å². The Labute approximate surface area is 132 Å². The van der Waals surface area contributed by atoms with E-state index in [4.69, 9.17) is 11.6 Å². The maximum absolute atomic E-state index is 12.2. The number of anilines is 1. The number of rotatable bonds is 8. The predicted molar refractivity (Wildman–Crippen MR) is 87.3 cm³/mol. The standard InChI is InChI=1S/C14H24ClN3O2S/c1-5-7-16-13-12(15)8-11(9-17-13)21(19,20)18-10-14(3,4)6-2/h8-9,18H,5-7,10H2,1-4H3,(H,16,17). The molecule has 0 aliphatic rings. The Bertz CT molecular complexity index is 574. The zero-order chi connectivity index (χ0) is 16.1. The number of aromatic nitrogens is 1. The molecule has 0 saturated heterocycles. The Kier molecular flexibility index (Phi) is 6.43. The molecule has 0 amide bonds. The molecular formula is C14H24ClN3O2S. The fourth-order valence-electron chi connectivity index (χ4n) is 1.44. The molecule has 0 fully saturated rings. The van der Waals surface area contributed by atoms with Crippen LogP contribution in [0.2, 0.25) is 5.02 Å². The molecule has 5 nitrogen and oxygen atoms in total. The van der Waals surface area contributed by atoms with Gasteiger partial charge in [-0.15, -0.1) is 0 Å². The normalized spacial score (nSPS) is 12.4. The highest BCUT2D eigenvalue weighted by molar-refractivity contribution is 7.89. The third-order valence-electron chi connectivity index (χ3n) is 3.37. The van der Waals surface area contributed by atoms with Crippen LogP contribution in [0, 0.1) is 5.41 Å². The summed E-state index contributed by atoms with van der Waals surface area (Å²) in [6.45, 7) is 9.19. The van der Waals surface area contributed by atoms with Crippen molar-refractivity contribution in [2.24, 2.45) is 5.41 Å². The van der Waals surface area contributed by atoms with Gasteiger partial charge in [0.05, 0.1) is 5.02 Å². The lowest BCUT2D eigenvalue weighted by Gasteiger charge is -2.22. The molecule has 0 radical (unpaired) electrons. The lowest BCUT2D eigenvalue weighted by atomic mass is 9.91. The first-order valence-electron chi connectivity index (χ1n) is 7.11. The van der Waals surface area contributed by atoms with Crippen LogP contribution in [0.5, 0.6) is 0 Å². The van der Waals surface area contributed by atoms with E-state index in [1.165, 1.54) is 12.3 Å². The molecule has 0 aliphatic heterocycles. The highest BCUT2D eigenvalue weighted by atomic mass is 35.5. The van der Waals surface area contributed by atoms with Crippen LogP contribution in [0.3, 0.4) is 0 Å². The molecule has 0 saturated carbocycles. The summed E-state index contributed by atoms with van der Waals surface area (Å²) in [4.78, 5) is 4.17. The molecule has 0 atom stereocenters. The second-order valence-corrected chi connectivity index (χ2v) is 7.94. The van der Waals surface area contributed by atoms with Crippen LogP contribution >= 0.6 is 11.6 Å². The second-order valence-electron chi connectivity index (χ2n) is 5.77. The van der Waals surface area contributed by atoms with Crippen LogP contribution in [0.1, 0.15) is 40.5 Å². The van der Waals surface area contributed by atoms with Gasteiger partial charge in [-0.2, -0.15) is 0 Å². The zero-order valence-corrected chi connectivity index (χ0v) is 14.6. The molecule has 1 rings (SSSR count). The lowest BCUT2D eigenvalue weighted by molar-refractivity contribution is 0.350. The van der Waals surface area contributed by atoms with Gasteiger partial charge < -0.3 is 5.32 Å². The molecule has 2 N–H and O–H groups in total. The quantitative estimate of drug-likeness (QED) is 0.766. The first-order chi connectivity index (χ1) is 9.72. The second kappa shape index (κ2) is 7.42. The van der Waals surface area contributed by atoms with Crippen molar-refractivity contribution >= 4 is 27.4 Å². The van der Waals surface area contributed by atoms with Crippen LogP contribution in [0.25, 0.3) is 0 Å². The van der Waals surface area contributed by atoms with Crippen molar-refractivity contribution in [1.29, 1.82) is 0 Å². The van der Waals surface area contributed by atoms with E-state index in [2.05, 4.69) is 15.0 Å². The summed E-state index contributed by atoms with van der Waals surface area (Å²) in [5.41, 5.74) is -0.0904. The van der Waals surface area contributed by atoms with E-state index < -0.39 is 10.0 Å². The summed E-state index contributed by atoms with van der Waals surface area (Å²) < 4.78 is 27.1. The van der Waals surface area contributed by atoms with E-state index in [9.17, 15) is 8.42 Å². The van der Waals surface area contributed by atoms with Crippen molar-refractivity contribution < 1.29 is 8.42 Å². The van der Waals surface area contributed by atoms with E-state index in [0.717, 1.165) is 19.4 Å². The van der Waals surface area contributed by atoms with E-state index in [1.807, 2.05) is 27.7 Å². The number of hydrogen-bond acceptors (Lipinski definition) is 4. The number of hydrogen-bond donors (Lipinski definition) is 2. The van der Waals surface area contributed by atoms with E-state index in [1.54, 1.807) is 0 Å². The fraction of sp³-hybridized carbons (Fsp3) is 0.643. The van der Waals surface area contributed by atoms with E-state index in [0.29, 0.717) is 17.4 Å². The summed E-state index contributed by atoms with van der Waals surface area (Å²) in [5.74, 6) is 0.506. The molecule has 0 bridgehead atoms. The first kappa shape index (κ1) is 18.2. The Morgan fingerprint density at radius 1 is 1.33 bits per heavy atom. The van der Waals surface area contributed by atoms with Crippen LogP contribution in [0.4, 0.5) is 5.82 Å². The Morgan fingerprint density at radius 3 is 2.52 bits per heavy atom. The van der Waals surface area contributed by atoms with Gasteiger partial charge in [0.15, 0.2) is 0 Å². The highest BCUT2D eigenvalue weighted by Crippen LogP contribution is 2.23. The third-order valence-corrected chi connectivity index (χ3v) is 5.02. The Balaban J connectivity index is 2.87. The Hall–Kier alpha value is -0.850. The van der Waals surface area contributed by atoms with E-state index >= 15 is 0 Å². The van der Waals surface area contributed by atoms with Crippen molar-refractivity contribution in [3.8, 4) is 0 Å². The SMILES string of the molecule is CCCNc1ncc(S(=O)(=O)NCC(C)(C)CC)cc1Cl. The van der Waals surface area contributed by atoms with Crippen LogP contribution in [0.15, 0.2) is 17.2 Å². The van der Waals surface area contributed by atoms with Crippen LogP contribution < -0.4 is 10.0 Å². The van der Waals surface area contributed by atoms with Gasteiger partial charge >= 0.3 is 0 Å². The van der Waals surface area contributed by atoms with Gasteiger partial charge in [-0.1, -0.05) is 39.3 Å². The van der Waals surface area contributed by atoms with Crippen LogP contribution in [-0.4, -0.2) is 26.5 Å². The van der Waals surface area contributed by atoms with Crippen molar-refractivity contribution in [3.63, 3.8) is 0 Å². The number of halogens is 1. The molecule has 0 aliphatic carbocycles. The van der Waals surface area contributed by atoms with Gasteiger partial charge in [-0.05, 0) is 24.3 Å². The molecule has 1 aromatic heterocycles. The van der Waals surface area contributed by atoms with Crippen molar-refractivity contribution in [2.75, 3.05) is 18.4 Å². The number of sulfonamides is 1. The number of pyridine rings is 1. The van der Waals surface area contributed by atoms with Gasteiger partial charge in [0.25, 0.3) is 0 Å². The minimum atomic E-state index is -3.59. The number of nitrogens with one attached hydrogen (secondary N) is 2. The van der Waals surface area contributed by atoms with Gasteiger partial charge in [-0.3, -0.25) is 0 Å². The predicted octanol–water partition coefficient (Wildman–Crippen LogP) is 3.27. The first-order valence-corrected chi connectivity index (χ1v) is 8.97. The maximum Gasteiger partial charge on any atom is 0.242 e. The largest absolute Gasteiger partial charge is 0.369 e. The van der Waals surface area contributed by atoms with Gasteiger partial charge in [-0.25, -0.2) is 18.1 Å². The maximum atomic E-state index is 12.2. The fourth-order valence-corrected chi connectivity index (χ4v) is 2.95. The molecule has 21 heavy (non-hydrogen) atoms. The molecule has 7 heteroatoms. The van der Waals surface area contributed by atoms with Crippen LogP contribution in [-0.2, 0) is 10.0 Å². The summed E-state index contributed by atoms with van der Waals surface area (Å²) in [6.07, 6.45) is 3.14. The van der Waals surface area contributed by atoms with Gasteiger partial charge in [0.1, 0.15) is 10.7 Å². The topological polar surface area (TPSA) is 71.1 Å². The minimum absolute atomic E-state index is 0.0847. The molecule has 1 heterocycles. The Morgan fingerprint density at radius 2 is 2.00 bits per heavy atom. The highest BCUT2D eigenvalue weighted by Gasteiger charge is 2.21. The zero-order valence-electron chi connectivity index (χ0n) is 13.0. The molecule has 1 aromatic rings. The molecule has 0 aromatic carbocycles. The molecular weight excluding hydrogens is 310 g/mol. The van der Waals surface area contributed by atoms with Crippen molar-refractivity contribution in [3.05, 3.63) is 17.3 Å². The van der Waals surface area contributed by atoms with E-state index in [-0.39, 0.29) is 10.3 Å².